The first-order chi connectivity index (χ1) is 11.5. The van der Waals surface area contributed by atoms with Crippen LogP contribution >= 0.6 is 0 Å². The van der Waals surface area contributed by atoms with Crippen molar-refractivity contribution in [2.24, 2.45) is 22.7 Å². The van der Waals surface area contributed by atoms with Gasteiger partial charge in [0.2, 0.25) is 0 Å². The SMILES string of the molecule is CCC1[C@H](CC(=O)OCCc2ccc(O)cc2)C=COC1(N)N=O. The number of nitroso groups, excluding NO2 is 1. The van der Waals surface area contributed by atoms with Crippen LogP contribution in [0, 0.1) is 16.7 Å². The Labute approximate surface area is 140 Å². The number of phenolic OH excluding ortho intramolecular Hbond substituents is 1. The van der Waals surface area contributed by atoms with Crippen LogP contribution in [-0.4, -0.2) is 23.5 Å². The lowest BCUT2D eigenvalue weighted by molar-refractivity contribution is -0.146. The van der Waals surface area contributed by atoms with Gasteiger partial charge in [0.05, 0.1) is 19.3 Å². The van der Waals surface area contributed by atoms with Gasteiger partial charge >= 0.3 is 5.97 Å². The van der Waals surface area contributed by atoms with E-state index in [1.807, 2.05) is 6.92 Å². The van der Waals surface area contributed by atoms with Crippen LogP contribution in [0.25, 0.3) is 0 Å². The molecule has 0 aromatic heterocycles. The van der Waals surface area contributed by atoms with E-state index >= 15 is 0 Å². The molecule has 2 unspecified atom stereocenters. The van der Waals surface area contributed by atoms with Gasteiger partial charge in [-0.1, -0.05) is 19.1 Å². The Morgan fingerprint density at radius 1 is 1.42 bits per heavy atom. The molecule has 0 saturated heterocycles. The van der Waals surface area contributed by atoms with Gasteiger partial charge in [-0.3, -0.25) is 10.5 Å². The largest absolute Gasteiger partial charge is 0.508 e. The Bertz CT molecular complexity index is 602. The van der Waals surface area contributed by atoms with Crippen molar-refractivity contribution < 1.29 is 19.4 Å². The van der Waals surface area contributed by atoms with Crippen LogP contribution < -0.4 is 5.73 Å². The summed E-state index contributed by atoms with van der Waals surface area (Å²) in [4.78, 5) is 23.0. The van der Waals surface area contributed by atoms with Crippen LogP contribution in [-0.2, 0) is 20.7 Å². The third kappa shape index (κ3) is 4.32. The Morgan fingerprint density at radius 2 is 2.12 bits per heavy atom. The van der Waals surface area contributed by atoms with Crippen LogP contribution in [0.1, 0.15) is 25.3 Å². The molecule has 130 valence electrons. The number of hydrogen-bond acceptors (Lipinski definition) is 7. The van der Waals surface area contributed by atoms with Crippen molar-refractivity contribution in [2.45, 2.75) is 32.0 Å². The molecule has 0 saturated carbocycles. The lowest BCUT2D eigenvalue weighted by Gasteiger charge is -2.36. The highest BCUT2D eigenvalue weighted by molar-refractivity contribution is 5.70. The summed E-state index contributed by atoms with van der Waals surface area (Å²) < 4.78 is 10.4. The molecular formula is C17H22N2O5. The number of carbonyl (C=O) groups excluding carboxylic acids is 1. The van der Waals surface area contributed by atoms with E-state index in [1.54, 1.807) is 30.3 Å². The average molecular weight is 334 g/mol. The number of aromatic hydroxyl groups is 1. The van der Waals surface area contributed by atoms with Crippen molar-refractivity contribution in [3.05, 3.63) is 47.1 Å². The molecule has 7 nitrogen and oxygen atoms in total. The summed E-state index contributed by atoms with van der Waals surface area (Å²) >= 11 is 0. The number of carbonyl (C=O) groups is 1. The van der Waals surface area contributed by atoms with Gasteiger partial charge < -0.3 is 14.6 Å². The zero-order chi connectivity index (χ0) is 17.6. The molecule has 0 amide bonds. The average Bonchev–Trinajstić information content (AvgIpc) is 2.57. The third-order valence-corrected chi connectivity index (χ3v) is 4.21. The first-order valence-corrected chi connectivity index (χ1v) is 7.90. The molecular weight excluding hydrogens is 312 g/mol. The summed E-state index contributed by atoms with van der Waals surface area (Å²) in [5.74, 6) is -2.45. The molecule has 1 heterocycles. The molecule has 1 aliphatic heterocycles. The molecule has 1 aliphatic rings. The number of esters is 1. The molecule has 0 radical (unpaired) electrons. The van der Waals surface area contributed by atoms with Gasteiger partial charge in [-0.05, 0) is 35.4 Å². The number of ether oxygens (including phenoxy) is 2. The lowest BCUT2D eigenvalue weighted by atomic mass is 9.82. The zero-order valence-corrected chi connectivity index (χ0v) is 13.6. The lowest BCUT2D eigenvalue weighted by Crippen LogP contribution is -2.51. The first-order valence-electron chi connectivity index (χ1n) is 7.90. The number of rotatable bonds is 7. The van der Waals surface area contributed by atoms with Crippen LogP contribution in [0.15, 0.2) is 41.8 Å². The normalized spacial score (nSPS) is 25.8. The minimum atomic E-state index is -1.64. The molecule has 1 aromatic rings. The Hall–Kier alpha value is -2.41. The van der Waals surface area contributed by atoms with E-state index in [0.717, 1.165) is 5.56 Å². The molecule has 3 N–H and O–H groups in total. The molecule has 1 aromatic carbocycles. The second kappa shape index (κ2) is 7.92. The summed E-state index contributed by atoms with van der Waals surface area (Å²) in [6, 6.07) is 6.72. The third-order valence-electron chi connectivity index (χ3n) is 4.21. The number of allylic oxidation sites excluding steroid dienone is 1. The topological polar surface area (TPSA) is 111 Å². The fourth-order valence-corrected chi connectivity index (χ4v) is 2.87. The molecule has 0 aliphatic carbocycles. The number of phenols is 1. The second-order valence-corrected chi connectivity index (χ2v) is 5.81. The van der Waals surface area contributed by atoms with Crippen LogP contribution in [0.2, 0.25) is 0 Å². The molecule has 0 spiro atoms. The van der Waals surface area contributed by atoms with E-state index in [0.29, 0.717) is 12.8 Å². The summed E-state index contributed by atoms with van der Waals surface area (Å²) in [6.45, 7) is 2.11. The summed E-state index contributed by atoms with van der Waals surface area (Å²) in [6.07, 6.45) is 4.26. The minimum absolute atomic E-state index is 0.114. The summed E-state index contributed by atoms with van der Waals surface area (Å²) in [7, 11) is 0. The highest BCUT2D eigenvalue weighted by atomic mass is 16.5. The fourth-order valence-electron chi connectivity index (χ4n) is 2.87. The van der Waals surface area contributed by atoms with Crippen molar-refractivity contribution in [2.75, 3.05) is 6.61 Å². The highest BCUT2D eigenvalue weighted by Crippen LogP contribution is 2.35. The molecule has 3 atom stereocenters. The molecule has 2 rings (SSSR count). The molecule has 0 bridgehead atoms. The van der Waals surface area contributed by atoms with E-state index in [9.17, 15) is 14.8 Å². The van der Waals surface area contributed by atoms with Gasteiger partial charge in [0.1, 0.15) is 5.75 Å². The smallest absolute Gasteiger partial charge is 0.306 e. The number of nitrogens with zero attached hydrogens (tertiary/aromatic N) is 1. The highest BCUT2D eigenvalue weighted by Gasteiger charge is 2.44. The van der Waals surface area contributed by atoms with E-state index in [2.05, 4.69) is 5.18 Å². The maximum atomic E-state index is 12.0. The Kier molecular flexibility index (Phi) is 5.92. The first kappa shape index (κ1) is 17.9. The monoisotopic (exact) mass is 334 g/mol. The van der Waals surface area contributed by atoms with Crippen LogP contribution in [0.4, 0.5) is 0 Å². The van der Waals surface area contributed by atoms with Gasteiger partial charge in [-0.25, -0.2) is 0 Å². The summed E-state index contributed by atoms with van der Waals surface area (Å²) in [5.41, 5.74) is 6.80. The Morgan fingerprint density at radius 3 is 2.75 bits per heavy atom. The van der Waals surface area contributed by atoms with Crippen molar-refractivity contribution in [1.29, 1.82) is 0 Å². The van der Waals surface area contributed by atoms with Gasteiger partial charge in [-0.2, -0.15) is 0 Å². The minimum Gasteiger partial charge on any atom is -0.508 e. The maximum absolute atomic E-state index is 12.0. The van der Waals surface area contributed by atoms with Gasteiger partial charge in [-0.15, -0.1) is 4.91 Å². The van der Waals surface area contributed by atoms with Crippen molar-refractivity contribution in [1.82, 2.24) is 0 Å². The van der Waals surface area contributed by atoms with Crippen molar-refractivity contribution >= 4 is 5.97 Å². The zero-order valence-electron chi connectivity index (χ0n) is 13.6. The van der Waals surface area contributed by atoms with Gasteiger partial charge in [0.15, 0.2) is 0 Å². The predicted molar refractivity (Wildman–Crippen MR) is 87.6 cm³/mol. The van der Waals surface area contributed by atoms with Crippen molar-refractivity contribution in [3.63, 3.8) is 0 Å². The van der Waals surface area contributed by atoms with Crippen LogP contribution in [0.3, 0.4) is 0 Å². The maximum Gasteiger partial charge on any atom is 0.306 e. The predicted octanol–water partition coefficient (Wildman–Crippen LogP) is 2.43. The summed E-state index contributed by atoms with van der Waals surface area (Å²) in [5, 5.41) is 12.1. The van der Waals surface area contributed by atoms with E-state index in [4.69, 9.17) is 15.2 Å². The van der Waals surface area contributed by atoms with E-state index < -0.39 is 5.85 Å². The number of benzene rings is 1. The van der Waals surface area contributed by atoms with Gasteiger partial charge in [0, 0.05) is 18.3 Å². The van der Waals surface area contributed by atoms with Crippen LogP contribution in [0.5, 0.6) is 5.75 Å². The quantitative estimate of drug-likeness (QED) is 0.585. The number of hydrogen-bond donors (Lipinski definition) is 2. The molecule has 7 heteroatoms. The number of nitrogens with two attached hydrogens (primary N) is 1. The second-order valence-electron chi connectivity index (χ2n) is 5.81. The standard InChI is InChI=1S/C17H22N2O5/c1-2-15-13(8-10-24-17(15,18)19-22)11-16(21)23-9-7-12-3-5-14(20)6-4-12/h3-6,8,10,13,15,20H,2,7,9,11,18H2,1H3/t13-,15?,17?/m0/s1. The Balaban J connectivity index is 1.85. The fraction of sp³-hybridized carbons (Fsp3) is 0.471. The molecule has 24 heavy (non-hydrogen) atoms. The van der Waals surface area contributed by atoms with Gasteiger partial charge in [0.25, 0.3) is 5.85 Å². The van der Waals surface area contributed by atoms with E-state index in [1.165, 1.54) is 6.26 Å². The van der Waals surface area contributed by atoms with Crippen molar-refractivity contribution in [3.8, 4) is 5.75 Å². The molecule has 0 fully saturated rings. The van der Waals surface area contributed by atoms with E-state index in [-0.39, 0.29) is 36.6 Å².